The maximum atomic E-state index is 13.5. The Balaban J connectivity index is 1.88. The molecule has 1 saturated heterocycles. The summed E-state index contributed by atoms with van der Waals surface area (Å²) in [5, 5.41) is 0. The van der Waals surface area contributed by atoms with Crippen molar-refractivity contribution in [1.82, 2.24) is 9.80 Å². The molecule has 0 N–H and O–H groups in total. The Labute approximate surface area is 116 Å². The molecule has 1 fully saturated rings. The van der Waals surface area contributed by atoms with Gasteiger partial charge in [-0.05, 0) is 38.1 Å². The number of hydrogen-bond acceptors (Lipinski definition) is 2. The molecule has 0 spiro atoms. The van der Waals surface area contributed by atoms with Crippen LogP contribution in [0.5, 0.6) is 0 Å². The predicted molar refractivity (Wildman–Crippen MR) is 68.5 cm³/mol. The molecule has 0 amide bonds. The van der Waals surface area contributed by atoms with Crippen LogP contribution in [0.25, 0.3) is 0 Å². The molecule has 0 aromatic heterocycles. The summed E-state index contributed by atoms with van der Waals surface area (Å²) in [6.07, 6.45) is 0.789. The summed E-state index contributed by atoms with van der Waals surface area (Å²) in [6.45, 7) is 4.58. The molecule has 2 rings (SSSR count). The molecule has 0 aliphatic carbocycles. The van der Waals surface area contributed by atoms with Crippen LogP contribution in [0, 0.1) is 23.3 Å². The highest BCUT2D eigenvalue weighted by Crippen LogP contribution is 2.20. The molecule has 0 saturated carbocycles. The highest BCUT2D eigenvalue weighted by Gasteiger charge is 2.19. The van der Waals surface area contributed by atoms with Gasteiger partial charge in [-0.1, -0.05) is 0 Å². The van der Waals surface area contributed by atoms with Gasteiger partial charge >= 0.3 is 0 Å². The van der Waals surface area contributed by atoms with E-state index >= 15 is 0 Å². The van der Waals surface area contributed by atoms with Crippen LogP contribution in [0.4, 0.5) is 17.6 Å². The number of benzene rings is 1. The van der Waals surface area contributed by atoms with Crippen molar-refractivity contribution in [3.8, 4) is 0 Å². The minimum Gasteiger partial charge on any atom is -0.304 e. The van der Waals surface area contributed by atoms with Crippen LogP contribution in [-0.4, -0.2) is 49.6 Å². The third kappa shape index (κ3) is 3.49. The Bertz CT molecular complexity index is 471. The van der Waals surface area contributed by atoms with Crippen LogP contribution >= 0.6 is 0 Å². The molecule has 1 aliphatic heterocycles. The summed E-state index contributed by atoms with van der Waals surface area (Å²) in [4.78, 5) is 4.45. The first kappa shape index (κ1) is 15.3. The van der Waals surface area contributed by atoms with Crippen molar-refractivity contribution in [3.63, 3.8) is 0 Å². The molecule has 0 unspecified atom stereocenters. The maximum absolute atomic E-state index is 13.5. The first-order chi connectivity index (χ1) is 9.49. The van der Waals surface area contributed by atoms with Gasteiger partial charge < -0.3 is 9.80 Å². The summed E-state index contributed by atoms with van der Waals surface area (Å²) in [5.74, 6) is -6.08. The lowest BCUT2D eigenvalue weighted by molar-refractivity contribution is 0.153. The first-order valence-corrected chi connectivity index (χ1v) is 6.72. The fourth-order valence-corrected chi connectivity index (χ4v) is 2.37. The third-order valence-electron chi connectivity index (χ3n) is 3.69. The molecular weight excluding hydrogens is 272 g/mol. The normalized spacial score (nSPS) is 17.6. The van der Waals surface area contributed by atoms with Crippen LogP contribution in [-0.2, 0) is 6.42 Å². The minimum absolute atomic E-state index is 0.101. The van der Waals surface area contributed by atoms with Crippen LogP contribution in [0.2, 0.25) is 0 Å². The van der Waals surface area contributed by atoms with Gasteiger partial charge in [-0.3, -0.25) is 0 Å². The molecule has 0 atom stereocenters. The van der Waals surface area contributed by atoms with E-state index in [1.54, 1.807) is 0 Å². The highest BCUT2D eigenvalue weighted by atomic mass is 19.2. The molecule has 1 aromatic carbocycles. The van der Waals surface area contributed by atoms with E-state index in [-0.39, 0.29) is 12.0 Å². The summed E-state index contributed by atoms with van der Waals surface area (Å²) < 4.78 is 52.4. The van der Waals surface area contributed by atoms with Gasteiger partial charge in [0, 0.05) is 26.2 Å². The van der Waals surface area contributed by atoms with Gasteiger partial charge in [0.15, 0.2) is 23.3 Å². The second-order valence-electron chi connectivity index (χ2n) is 5.21. The van der Waals surface area contributed by atoms with Crippen LogP contribution in [0.1, 0.15) is 12.0 Å². The SMILES string of the molecule is CN1CCN(CCCc2cc(F)c(F)c(F)c2F)CC1. The predicted octanol–water partition coefficient (Wildman–Crippen LogP) is 2.42. The number of nitrogens with zero attached hydrogens (tertiary/aromatic N) is 2. The largest absolute Gasteiger partial charge is 0.304 e. The van der Waals surface area contributed by atoms with Gasteiger partial charge in [0.1, 0.15) is 0 Å². The number of piperazine rings is 1. The van der Waals surface area contributed by atoms with E-state index in [0.29, 0.717) is 6.42 Å². The van der Waals surface area contributed by atoms with Crippen molar-refractivity contribution in [2.75, 3.05) is 39.8 Å². The lowest BCUT2D eigenvalue weighted by Gasteiger charge is -2.32. The Morgan fingerprint density at radius 2 is 1.60 bits per heavy atom. The Kier molecular flexibility index (Phi) is 4.99. The molecule has 1 aromatic rings. The van der Waals surface area contributed by atoms with E-state index in [4.69, 9.17) is 0 Å². The average Bonchev–Trinajstić information content (AvgIpc) is 2.44. The smallest absolute Gasteiger partial charge is 0.197 e. The van der Waals surface area contributed by atoms with E-state index in [1.807, 2.05) is 0 Å². The van der Waals surface area contributed by atoms with Crippen molar-refractivity contribution < 1.29 is 17.6 Å². The van der Waals surface area contributed by atoms with Crippen molar-refractivity contribution in [2.24, 2.45) is 0 Å². The zero-order chi connectivity index (χ0) is 14.7. The number of rotatable bonds is 4. The molecule has 6 heteroatoms. The van der Waals surface area contributed by atoms with Crippen molar-refractivity contribution >= 4 is 0 Å². The van der Waals surface area contributed by atoms with Gasteiger partial charge in [-0.2, -0.15) is 0 Å². The Morgan fingerprint density at radius 3 is 2.25 bits per heavy atom. The van der Waals surface area contributed by atoms with Crippen LogP contribution in [0.15, 0.2) is 6.07 Å². The molecule has 1 aliphatic rings. The van der Waals surface area contributed by atoms with Gasteiger partial charge in [0.25, 0.3) is 0 Å². The lowest BCUT2D eigenvalue weighted by Crippen LogP contribution is -2.44. The second kappa shape index (κ2) is 6.54. The van der Waals surface area contributed by atoms with Crippen LogP contribution < -0.4 is 0 Å². The fourth-order valence-electron chi connectivity index (χ4n) is 2.37. The molecule has 1 heterocycles. The first-order valence-electron chi connectivity index (χ1n) is 6.72. The number of likely N-dealkylation sites (N-methyl/N-ethyl adjacent to an activating group) is 1. The van der Waals surface area contributed by atoms with E-state index in [1.165, 1.54) is 0 Å². The monoisotopic (exact) mass is 290 g/mol. The Hall–Kier alpha value is -1.14. The molecule has 112 valence electrons. The van der Waals surface area contributed by atoms with Gasteiger partial charge in [-0.25, -0.2) is 17.6 Å². The summed E-state index contributed by atoms with van der Waals surface area (Å²) in [5.41, 5.74) is -0.101. The summed E-state index contributed by atoms with van der Waals surface area (Å²) in [7, 11) is 2.05. The van der Waals surface area contributed by atoms with E-state index in [2.05, 4.69) is 16.8 Å². The van der Waals surface area contributed by atoms with Gasteiger partial charge in [-0.15, -0.1) is 0 Å². The third-order valence-corrected chi connectivity index (χ3v) is 3.69. The zero-order valence-electron chi connectivity index (χ0n) is 11.4. The van der Waals surface area contributed by atoms with Gasteiger partial charge in [0.05, 0.1) is 0 Å². The maximum Gasteiger partial charge on any atom is 0.197 e. The quantitative estimate of drug-likeness (QED) is 0.477. The standard InChI is InChI=1S/C14H18F4N2/c1-19-5-7-20(8-6-19)4-2-3-10-9-11(15)13(17)14(18)12(10)16/h9H,2-8H2,1H3. The van der Waals surface area contributed by atoms with E-state index in [0.717, 1.165) is 38.8 Å². The van der Waals surface area contributed by atoms with Crippen molar-refractivity contribution in [3.05, 3.63) is 34.9 Å². The van der Waals surface area contributed by atoms with Crippen LogP contribution in [0.3, 0.4) is 0 Å². The van der Waals surface area contributed by atoms with E-state index in [9.17, 15) is 17.6 Å². The molecule has 0 bridgehead atoms. The van der Waals surface area contributed by atoms with Crippen molar-refractivity contribution in [1.29, 1.82) is 0 Å². The fraction of sp³-hybridized carbons (Fsp3) is 0.571. The lowest BCUT2D eigenvalue weighted by atomic mass is 10.1. The molecule has 0 radical (unpaired) electrons. The topological polar surface area (TPSA) is 6.48 Å². The van der Waals surface area contributed by atoms with E-state index < -0.39 is 23.3 Å². The minimum atomic E-state index is -1.75. The summed E-state index contributed by atoms with van der Waals surface area (Å²) >= 11 is 0. The molecule has 20 heavy (non-hydrogen) atoms. The average molecular weight is 290 g/mol. The number of aryl methyl sites for hydroxylation is 1. The zero-order valence-corrected chi connectivity index (χ0v) is 11.4. The second-order valence-corrected chi connectivity index (χ2v) is 5.21. The van der Waals surface area contributed by atoms with Crippen molar-refractivity contribution in [2.45, 2.75) is 12.8 Å². The Morgan fingerprint density at radius 1 is 0.950 bits per heavy atom. The highest BCUT2D eigenvalue weighted by molar-refractivity contribution is 5.21. The molecular formula is C14H18F4N2. The number of halogens is 4. The molecule has 2 nitrogen and oxygen atoms in total. The van der Waals surface area contributed by atoms with Gasteiger partial charge in [0.2, 0.25) is 0 Å². The number of hydrogen-bond donors (Lipinski definition) is 0. The summed E-state index contributed by atoms with van der Waals surface area (Å²) in [6, 6.07) is 0.748.